The molecule has 130 valence electrons. The van der Waals surface area contributed by atoms with Gasteiger partial charge in [0.25, 0.3) is 0 Å². The van der Waals surface area contributed by atoms with Gasteiger partial charge >= 0.3 is 0 Å². The molecular weight excluding hydrogens is 328 g/mol. The van der Waals surface area contributed by atoms with E-state index < -0.39 is 10.8 Å². The summed E-state index contributed by atoms with van der Waals surface area (Å²) in [6.07, 6.45) is 0. The van der Waals surface area contributed by atoms with Crippen molar-refractivity contribution in [2.24, 2.45) is 0 Å². The van der Waals surface area contributed by atoms with Crippen LogP contribution in [0.3, 0.4) is 0 Å². The van der Waals surface area contributed by atoms with E-state index in [0.29, 0.717) is 30.5 Å². The fourth-order valence-corrected chi connectivity index (χ4v) is 3.23. The zero-order chi connectivity index (χ0) is 17.5. The molecular formula is C17H22N2O4S. The third-order valence-electron chi connectivity index (χ3n) is 3.38. The number of rotatable bonds is 8. The fraction of sp³-hybridized carbons (Fsp3) is 0.412. The molecule has 6 nitrogen and oxygen atoms in total. The monoisotopic (exact) mass is 350 g/mol. The fourth-order valence-electron chi connectivity index (χ4n) is 2.16. The summed E-state index contributed by atoms with van der Waals surface area (Å²) in [5.74, 6) is 1.01. The van der Waals surface area contributed by atoms with Crippen LogP contribution in [0.4, 0.5) is 0 Å². The normalized spacial score (nSPS) is 12.1. The standard InChI is InChI=1S/C17H22N2O4S/c1-12-5-4-6-14(9-12)17-19-15(13(2)23-17)10-24(21)11-16(20)18-7-8-22-3/h4-6,9H,7-8,10-11H2,1-3H3,(H,18,20)/t24-/m1/s1. The minimum absolute atomic E-state index is 0.0597. The molecule has 1 aromatic heterocycles. The smallest absolute Gasteiger partial charge is 0.232 e. The summed E-state index contributed by atoms with van der Waals surface area (Å²) in [4.78, 5) is 16.1. The van der Waals surface area contributed by atoms with E-state index in [1.807, 2.05) is 31.2 Å². The second-order valence-electron chi connectivity index (χ2n) is 5.46. The molecule has 0 aliphatic heterocycles. The molecule has 0 fully saturated rings. The Morgan fingerprint density at radius 1 is 1.38 bits per heavy atom. The van der Waals surface area contributed by atoms with E-state index in [9.17, 15) is 9.00 Å². The number of carbonyl (C=O) groups is 1. The van der Waals surface area contributed by atoms with Gasteiger partial charge in [0.15, 0.2) is 0 Å². The van der Waals surface area contributed by atoms with Gasteiger partial charge < -0.3 is 14.5 Å². The van der Waals surface area contributed by atoms with Gasteiger partial charge in [-0.05, 0) is 26.0 Å². The zero-order valence-electron chi connectivity index (χ0n) is 14.1. The topological polar surface area (TPSA) is 81.4 Å². The number of aryl methyl sites for hydroxylation is 2. The second-order valence-corrected chi connectivity index (χ2v) is 6.92. The average Bonchev–Trinajstić information content (AvgIpc) is 2.88. The quantitative estimate of drug-likeness (QED) is 0.736. The molecule has 0 aliphatic carbocycles. The lowest BCUT2D eigenvalue weighted by molar-refractivity contribution is -0.118. The molecule has 0 radical (unpaired) electrons. The third-order valence-corrected chi connectivity index (χ3v) is 4.56. The van der Waals surface area contributed by atoms with Crippen LogP contribution in [-0.2, 0) is 26.1 Å². The highest BCUT2D eigenvalue weighted by molar-refractivity contribution is 7.84. The van der Waals surface area contributed by atoms with E-state index in [2.05, 4.69) is 10.3 Å². The number of aromatic nitrogens is 1. The van der Waals surface area contributed by atoms with Gasteiger partial charge in [0.2, 0.25) is 11.8 Å². The zero-order valence-corrected chi connectivity index (χ0v) is 14.9. The summed E-state index contributed by atoms with van der Waals surface area (Å²) in [5, 5.41) is 2.65. The highest BCUT2D eigenvalue weighted by Gasteiger charge is 2.16. The lowest BCUT2D eigenvalue weighted by atomic mass is 10.1. The van der Waals surface area contributed by atoms with Crippen LogP contribution in [0.15, 0.2) is 28.7 Å². The molecule has 1 N–H and O–H groups in total. The molecule has 7 heteroatoms. The van der Waals surface area contributed by atoms with Crippen LogP contribution in [0.1, 0.15) is 17.0 Å². The summed E-state index contributed by atoms with van der Waals surface area (Å²) in [6, 6.07) is 7.83. The maximum Gasteiger partial charge on any atom is 0.232 e. The van der Waals surface area contributed by atoms with Crippen molar-refractivity contribution in [3.8, 4) is 11.5 Å². The maximum absolute atomic E-state index is 12.1. The molecule has 0 saturated carbocycles. The van der Waals surface area contributed by atoms with Crippen LogP contribution in [0, 0.1) is 13.8 Å². The SMILES string of the molecule is COCCNC(=O)C[S@](=O)Cc1nc(-c2cccc(C)c2)oc1C. The highest BCUT2D eigenvalue weighted by Crippen LogP contribution is 2.23. The molecule has 0 bridgehead atoms. The number of hydrogen-bond acceptors (Lipinski definition) is 5. The third kappa shape index (κ3) is 5.28. The number of methoxy groups -OCH3 is 1. The van der Waals surface area contributed by atoms with Crippen LogP contribution in [0.25, 0.3) is 11.5 Å². The van der Waals surface area contributed by atoms with E-state index in [1.165, 1.54) is 0 Å². The van der Waals surface area contributed by atoms with Gasteiger partial charge in [0, 0.05) is 30.0 Å². The molecule has 0 unspecified atom stereocenters. The Morgan fingerprint density at radius 3 is 2.88 bits per heavy atom. The highest BCUT2D eigenvalue weighted by atomic mass is 32.2. The van der Waals surface area contributed by atoms with Crippen molar-refractivity contribution in [3.05, 3.63) is 41.3 Å². The maximum atomic E-state index is 12.1. The van der Waals surface area contributed by atoms with E-state index >= 15 is 0 Å². The van der Waals surface area contributed by atoms with Crippen molar-refractivity contribution in [1.82, 2.24) is 10.3 Å². The van der Waals surface area contributed by atoms with Gasteiger partial charge in [0.05, 0.1) is 18.1 Å². The molecule has 1 aromatic carbocycles. The van der Waals surface area contributed by atoms with Gasteiger partial charge in [-0.25, -0.2) is 4.98 Å². The van der Waals surface area contributed by atoms with Gasteiger partial charge in [-0.2, -0.15) is 0 Å². The van der Waals surface area contributed by atoms with Gasteiger partial charge in [-0.15, -0.1) is 0 Å². The van der Waals surface area contributed by atoms with E-state index in [1.54, 1.807) is 14.0 Å². The Kier molecular flexibility index (Phi) is 6.69. The minimum atomic E-state index is -1.34. The van der Waals surface area contributed by atoms with Crippen LogP contribution in [0.5, 0.6) is 0 Å². The first-order chi connectivity index (χ1) is 11.5. The van der Waals surface area contributed by atoms with Crippen molar-refractivity contribution in [3.63, 3.8) is 0 Å². The molecule has 0 spiro atoms. The predicted octanol–water partition coefficient (Wildman–Crippen LogP) is 1.97. The molecule has 2 rings (SSSR count). The number of nitrogens with zero attached hydrogens (tertiary/aromatic N) is 1. The lowest BCUT2D eigenvalue weighted by Crippen LogP contribution is -2.31. The Labute approximate surface area is 144 Å². The Hall–Kier alpha value is -1.99. The van der Waals surface area contributed by atoms with Gasteiger partial charge in [-0.3, -0.25) is 9.00 Å². The van der Waals surface area contributed by atoms with Gasteiger partial charge in [0.1, 0.15) is 11.5 Å². The number of oxazole rings is 1. The second kappa shape index (κ2) is 8.75. The van der Waals surface area contributed by atoms with Crippen LogP contribution in [0.2, 0.25) is 0 Å². The van der Waals surface area contributed by atoms with Crippen LogP contribution < -0.4 is 5.32 Å². The summed E-state index contributed by atoms with van der Waals surface area (Å²) in [7, 11) is 0.219. The largest absolute Gasteiger partial charge is 0.441 e. The minimum Gasteiger partial charge on any atom is -0.441 e. The van der Waals surface area contributed by atoms with Crippen molar-refractivity contribution >= 4 is 16.7 Å². The number of ether oxygens (including phenoxy) is 1. The summed E-state index contributed by atoms with van der Waals surface area (Å²) in [5.41, 5.74) is 2.61. The molecule has 1 atom stereocenters. The number of nitrogens with one attached hydrogen (secondary N) is 1. The molecule has 2 aromatic rings. The van der Waals surface area contributed by atoms with Crippen molar-refractivity contribution < 1.29 is 18.2 Å². The number of carbonyl (C=O) groups excluding carboxylic acids is 1. The summed E-state index contributed by atoms with van der Waals surface area (Å²) < 4.78 is 22.7. The lowest BCUT2D eigenvalue weighted by Gasteiger charge is -2.03. The molecule has 24 heavy (non-hydrogen) atoms. The summed E-state index contributed by atoms with van der Waals surface area (Å²) in [6.45, 7) is 4.63. The van der Waals surface area contributed by atoms with E-state index in [-0.39, 0.29) is 17.4 Å². The van der Waals surface area contributed by atoms with Crippen molar-refractivity contribution in [1.29, 1.82) is 0 Å². The number of hydrogen-bond donors (Lipinski definition) is 1. The average molecular weight is 350 g/mol. The molecule has 0 saturated heterocycles. The van der Waals surface area contributed by atoms with E-state index in [0.717, 1.165) is 11.1 Å². The number of amides is 1. The Balaban J connectivity index is 1.98. The predicted molar refractivity (Wildman–Crippen MR) is 93.0 cm³/mol. The molecule has 1 amide bonds. The molecule has 1 heterocycles. The van der Waals surface area contributed by atoms with Crippen LogP contribution >= 0.6 is 0 Å². The first kappa shape index (κ1) is 18.4. The van der Waals surface area contributed by atoms with Crippen molar-refractivity contribution in [2.75, 3.05) is 26.0 Å². The number of benzene rings is 1. The Morgan fingerprint density at radius 2 is 2.17 bits per heavy atom. The first-order valence-corrected chi connectivity index (χ1v) is 9.12. The van der Waals surface area contributed by atoms with E-state index in [4.69, 9.17) is 9.15 Å². The summed E-state index contributed by atoms with van der Waals surface area (Å²) >= 11 is 0. The van der Waals surface area contributed by atoms with Gasteiger partial charge in [-0.1, -0.05) is 17.7 Å². The molecule has 0 aliphatic rings. The van der Waals surface area contributed by atoms with Crippen molar-refractivity contribution in [2.45, 2.75) is 19.6 Å². The Bertz CT molecular complexity index is 727. The first-order valence-electron chi connectivity index (χ1n) is 7.63. The van der Waals surface area contributed by atoms with Crippen LogP contribution in [-0.4, -0.2) is 41.1 Å².